The van der Waals surface area contributed by atoms with Crippen molar-refractivity contribution in [1.82, 2.24) is 20.8 Å². The minimum atomic E-state index is -0.158. The standard InChI is InChI=1S/C12H20N4O2S/c1-8-14-11(16-18-8)7-13-12(17)15-9-4-3-5-10(6-9)19-2/h9-10H,3-7H2,1-2H3,(H2,13,15,17). The van der Waals surface area contributed by atoms with Crippen LogP contribution >= 0.6 is 11.8 Å². The van der Waals surface area contributed by atoms with Crippen LogP contribution in [-0.2, 0) is 6.54 Å². The molecule has 1 aliphatic carbocycles. The second kappa shape index (κ2) is 6.79. The van der Waals surface area contributed by atoms with E-state index < -0.39 is 0 Å². The van der Waals surface area contributed by atoms with E-state index in [4.69, 9.17) is 4.52 Å². The van der Waals surface area contributed by atoms with Crippen LogP contribution in [0.5, 0.6) is 0 Å². The van der Waals surface area contributed by atoms with Gasteiger partial charge >= 0.3 is 6.03 Å². The van der Waals surface area contributed by atoms with E-state index >= 15 is 0 Å². The zero-order chi connectivity index (χ0) is 13.7. The minimum Gasteiger partial charge on any atom is -0.340 e. The molecular formula is C12H20N4O2S. The van der Waals surface area contributed by atoms with Crippen LogP contribution in [0.25, 0.3) is 0 Å². The first kappa shape index (κ1) is 14.2. The zero-order valence-corrected chi connectivity index (χ0v) is 12.1. The number of carbonyl (C=O) groups excluding carboxylic acids is 1. The van der Waals surface area contributed by atoms with E-state index in [-0.39, 0.29) is 12.1 Å². The number of nitrogens with zero attached hydrogens (tertiary/aromatic N) is 2. The smallest absolute Gasteiger partial charge is 0.315 e. The fourth-order valence-corrected chi connectivity index (χ4v) is 3.13. The average molecular weight is 284 g/mol. The van der Waals surface area contributed by atoms with Crippen LogP contribution in [0.15, 0.2) is 4.52 Å². The van der Waals surface area contributed by atoms with Crippen molar-refractivity contribution in [3.8, 4) is 0 Å². The third-order valence-electron chi connectivity index (χ3n) is 3.27. The fourth-order valence-electron chi connectivity index (χ4n) is 2.30. The zero-order valence-electron chi connectivity index (χ0n) is 11.3. The lowest BCUT2D eigenvalue weighted by atomic mass is 9.95. The van der Waals surface area contributed by atoms with Crippen molar-refractivity contribution in [1.29, 1.82) is 0 Å². The summed E-state index contributed by atoms with van der Waals surface area (Å²) in [4.78, 5) is 15.8. The Morgan fingerprint density at radius 3 is 3.05 bits per heavy atom. The number of amides is 2. The van der Waals surface area contributed by atoms with E-state index in [1.807, 2.05) is 11.8 Å². The van der Waals surface area contributed by atoms with Crippen molar-refractivity contribution in [2.45, 2.75) is 50.4 Å². The molecule has 106 valence electrons. The number of thioether (sulfide) groups is 1. The highest BCUT2D eigenvalue weighted by atomic mass is 32.2. The van der Waals surface area contributed by atoms with Crippen molar-refractivity contribution in [2.24, 2.45) is 0 Å². The molecule has 19 heavy (non-hydrogen) atoms. The summed E-state index contributed by atoms with van der Waals surface area (Å²) in [5, 5.41) is 10.2. The molecule has 0 aliphatic heterocycles. The normalized spacial score (nSPS) is 23.1. The van der Waals surface area contributed by atoms with Gasteiger partial charge in [-0.2, -0.15) is 16.7 Å². The second-order valence-corrected chi connectivity index (χ2v) is 5.92. The van der Waals surface area contributed by atoms with Gasteiger partial charge in [-0.25, -0.2) is 4.79 Å². The van der Waals surface area contributed by atoms with Crippen LogP contribution in [0.1, 0.15) is 37.4 Å². The highest BCUT2D eigenvalue weighted by Crippen LogP contribution is 2.26. The number of rotatable bonds is 4. The highest BCUT2D eigenvalue weighted by molar-refractivity contribution is 7.99. The van der Waals surface area contributed by atoms with E-state index in [0.29, 0.717) is 23.5 Å². The summed E-state index contributed by atoms with van der Waals surface area (Å²) < 4.78 is 4.84. The van der Waals surface area contributed by atoms with Gasteiger partial charge in [0.25, 0.3) is 0 Å². The summed E-state index contributed by atoms with van der Waals surface area (Å²) in [6, 6.07) is 0.118. The van der Waals surface area contributed by atoms with Crippen LogP contribution < -0.4 is 10.6 Å². The lowest BCUT2D eigenvalue weighted by molar-refractivity contribution is 0.232. The van der Waals surface area contributed by atoms with Crippen molar-refractivity contribution >= 4 is 17.8 Å². The van der Waals surface area contributed by atoms with Gasteiger partial charge in [-0.15, -0.1) is 0 Å². The molecule has 7 heteroatoms. The van der Waals surface area contributed by atoms with Crippen molar-refractivity contribution < 1.29 is 9.32 Å². The van der Waals surface area contributed by atoms with E-state index in [1.165, 1.54) is 12.8 Å². The molecule has 0 radical (unpaired) electrons. The van der Waals surface area contributed by atoms with Crippen LogP contribution in [0.2, 0.25) is 0 Å². The molecule has 1 saturated carbocycles. The molecule has 2 unspecified atom stereocenters. The average Bonchev–Trinajstić information content (AvgIpc) is 2.82. The van der Waals surface area contributed by atoms with Gasteiger partial charge in [0, 0.05) is 18.2 Å². The van der Waals surface area contributed by atoms with Gasteiger partial charge in [0.05, 0.1) is 6.54 Å². The van der Waals surface area contributed by atoms with E-state index in [9.17, 15) is 4.79 Å². The Hall–Kier alpha value is -1.24. The van der Waals surface area contributed by atoms with Gasteiger partial charge in [0.1, 0.15) is 0 Å². The molecule has 1 aromatic rings. The monoisotopic (exact) mass is 284 g/mol. The highest BCUT2D eigenvalue weighted by Gasteiger charge is 2.22. The van der Waals surface area contributed by atoms with E-state index in [1.54, 1.807) is 6.92 Å². The Balaban J connectivity index is 1.72. The number of aromatic nitrogens is 2. The Morgan fingerprint density at radius 2 is 2.37 bits per heavy atom. The molecule has 6 nitrogen and oxygen atoms in total. The fraction of sp³-hybridized carbons (Fsp3) is 0.750. The summed E-state index contributed by atoms with van der Waals surface area (Å²) in [5.41, 5.74) is 0. The summed E-state index contributed by atoms with van der Waals surface area (Å²) in [5.74, 6) is 1.01. The number of urea groups is 1. The first-order valence-electron chi connectivity index (χ1n) is 6.53. The number of nitrogens with one attached hydrogen (secondary N) is 2. The first-order valence-corrected chi connectivity index (χ1v) is 7.82. The Kier molecular flexibility index (Phi) is 5.07. The molecule has 1 fully saturated rings. The maximum Gasteiger partial charge on any atom is 0.315 e. The molecule has 1 heterocycles. The number of carbonyl (C=O) groups is 1. The second-order valence-electron chi connectivity index (χ2n) is 4.78. The largest absolute Gasteiger partial charge is 0.340 e. The maximum absolute atomic E-state index is 11.8. The van der Waals surface area contributed by atoms with Crippen molar-refractivity contribution in [3.05, 3.63) is 11.7 Å². The van der Waals surface area contributed by atoms with Gasteiger partial charge < -0.3 is 15.2 Å². The molecule has 0 saturated heterocycles. The molecule has 2 N–H and O–H groups in total. The predicted molar refractivity (Wildman–Crippen MR) is 74.0 cm³/mol. The summed E-state index contributed by atoms with van der Waals surface area (Å²) in [6.07, 6.45) is 6.68. The van der Waals surface area contributed by atoms with Crippen LogP contribution in [0, 0.1) is 6.92 Å². The molecular weight excluding hydrogens is 264 g/mol. The Labute approximate surface area is 117 Å². The molecule has 0 spiro atoms. The summed E-state index contributed by atoms with van der Waals surface area (Å²) >= 11 is 1.89. The van der Waals surface area contributed by atoms with Crippen LogP contribution in [0.4, 0.5) is 4.79 Å². The van der Waals surface area contributed by atoms with E-state index in [2.05, 4.69) is 27.0 Å². The van der Waals surface area contributed by atoms with Gasteiger partial charge in [-0.1, -0.05) is 11.6 Å². The molecule has 1 aliphatic rings. The lowest BCUT2D eigenvalue weighted by Gasteiger charge is -2.28. The van der Waals surface area contributed by atoms with Gasteiger partial charge in [0.2, 0.25) is 5.89 Å². The SMILES string of the molecule is CSC1CCCC(NC(=O)NCc2noc(C)n2)C1. The topological polar surface area (TPSA) is 80.0 Å². The Morgan fingerprint density at radius 1 is 1.53 bits per heavy atom. The molecule has 1 aromatic heterocycles. The third-order valence-corrected chi connectivity index (χ3v) is 4.37. The minimum absolute atomic E-state index is 0.158. The third kappa shape index (κ3) is 4.41. The van der Waals surface area contributed by atoms with E-state index in [0.717, 1.165) is 12.8 Å². The summed E-state index contributed by atoms with van der Waals surface area (Å²) in [6.45, 7) is 2.02. The molecule has 0 aromatic carbocycles. The predicted octanol–water partition coefficient (Wildman–Crippen LogP) is 1.85. The first-order chi connectivity index (χ1) is 9.17. The van der Waals surface area contributed by atoms with Crippen molar-refractivity contribution in [3.63, 3.8) is 0 Å². The maximum atomic E-state index is 11.8. The number of hydrogen-bond donors (Lipinski definition) is 2. The van der Waals surface area contributed by atoms with Crippen LogP contribution in [0.3, 0.4) is 0 Å². The quantitative estimate of drug-likeness (QED) is 0.882. The Bertz CT molecular complexity index is 424. The lowest BCUT2D eigenvalue weighted by Crippen LogP contribution is -2.44. The van der Waals surface area contributed by atoms with Gasteiger partial charge in [-0.3, -0.25) is 0 Å². The molecule has 2 amide bonds. The summed E-state index contributed by atoms with van der Waals surface area (Å²) in [7, 11) is 0. The number of aryl methyl sites for hydroxylation is 1. The molecule has 2 atom stereocenters. The van der Waals surface area contributed by atoms with Crippen LogP contribution in [-0.4, -0.2) is 33.7 Å². The molecule has 2 rings (SSSR count). The van der Waals surface area contributed by atoms with Crippen molar-refractivity contribution in [2.75, 3.05) is 6.26 Å². The van der Waals surface area contributed by atoms with Gasteiger partial charge in [-0.05, 0) is 25.5 Å². The number of hydrogen-bond acceptors (Lipinski definition) is 5. The van der Waals surface area contributed by atoms with Gasteiger partial charge in [0.15, 0.2) is 5.82 Å². The molecule has 0 bridgehead atoms.